The molecule has 0 radical (unpaired) electrons. The lowest BCUT2D eigenvalue weighted by Gasteiger charge is -2.45. The highest BCUT2D eigenvalue weighted by molar-refractivity contribution is 7.00. The van der Waals surface area contributed by atoms with Crippen molar-refractivity contribution in [1.29, 1.82) is 0 Å². The van der Waals surface area contributed by atoms with Crippen LogP contribution in [-0.4, -0.2) is 15.8 Å². The fraction of sp³-hybridized carbons (Fsp3) is 0.124. The largest absolute Gasteiger partial charge is 0.454 e. The van der Waals surface area contributed by atoms with E-state index in [1.54, 1.807) is 48.5 Å². The number of para-hydroxylation sites is 6. The molecule has 0 unspecified atom stereocenters. The molecule has 0 spiro atoms. The fourth-order valence-corrected chi connectivity index (χ4v) is 13.8. The topological polar surface area (TPSA) is 42.6 Å². The van der Waals surface area contributed by atoms with Crippen LogP contribution in [0.3, 0.4) is 0 Å². The molecule has 0 N–H and O–H groups in total. The minimum Gasteiger partial charge on any atom is -0.454 e. The van der Waals surface area contributed by atoms with Crippen LogP contribution < -0.4 is 26.2 Å². The molecule has 4 aromatic heterocycles. The van der Waals surface area contributed by atoms with Crippen molar-refractivity contribution in [2.45, 2.75) is 72.1 Å². The molecule has 0 bridgehead atoms. The van der Waals surface area contributed by atoms with Gasteiger partial charge in [-0.25, -0.2) is 0 Å². The van der Waals surface area contributed by atoms with Crippen molar-refractivity contribution in [2.24, 2.45) is 0 Å². The van der Waals surface area contributed by atoms with E-state index in [2.05, 4.69) is 0 Å². The average molecular weight is 1280 g/mol. The van der Waals surface area contributed by atoms with Crippen LogP contribution >= 0.6 is 0 Å². The van der Waals surface area contributed by atoms with Crippen LogP contribution in [0.1, 0.15) is 129 Å². The van der Waals surface area contributed by atoms with Crippen LogP contribution in [-0.2, 0) is 17.3 Å². The first kappa shape index (κ1) is 28.4. The summed E-state index contributed by atoms with van der Waals surface area (Å²) in [5.74, 6) is 0. The quantitative estimate of drug-likeness (QED) is 0.142. The third-order valence-electron chi connectivity index (χ3n) is 17.7. The van der Waals surface area contributed by atoms with Crippen LogP contribution in [0.4, 0.5) is 34.1 Å². The summed E-state index contributed by atoms with van der Waals surface area (Å²) in [4.78, 5) is 2.04. The molecule has 0 aliphatic carbocycles. The highest BCUT2D eigenvalue weighted by Gasteiger charge is 2.47. The number of furan rings is 2. The molecule has 96 heavy (non-hydrogen) atoms. The summed E-state index contributed by atoms with van der Waals surface area (Å²) >= 11 is 0. The lowest BCUT2D eigenvalue weighted by molar-refractivity contribution is 0.595. The Labute approximate surface area is 617 Å². The maximum Gasteiger partial charge on any atom is 0.252 e. The van der Waals surface area contributed by atoms with E-state index < -0.39 is 432 Å². The summed E-state index contributed by atoms with van der Waals surface area (Å²) in [6.07, 6.45) is -0.169. The van der Waals surface area contributed by atoms with Crippen LogP contribution in [0, 0.1) is 0 Å². The fourth-order valence-electron chi connectivity index (χ4n) is 13.8. The minimum atomic E-state index is -2.35. The second-order valence-corrected chi connectivity index (χ2v) is 25.4. The van der Waals surface area contributed by atoms with Crippen LogP contribution in [0.2, 0.25) is 0 Å². The molecule has 17 aromatic rings. The first-order chi connectivity index (χ1) is 64.4. The van der Waals surface area contributed by atoms with Crippen molar-refractivity contribution in [2.75, 3.05) is 9.80 Å². The van der Waals surface area contributed by atoms with Gasteiger partial charge in [0.2, 0.25) is 0 Å². The zero-order valence-corrected chi connectivity index (χ0v) is 51.8. The van der Waals surface area contributed by atoms with Crippen molar-refractivity contribution in [1.82, 2.24) is 9.13 Å². The maximum absolute atomic E-state index is 11.7. The molecule has 0 fully saturated rings. The molecule has 0 saturated carbocycles. The second kappa shape index (κ2) is 20.9. The van der Waals surface area contributed by atoms with E-state index >= 15 is 0 Å². The standard InChI is InChI=1S/C89H69BN4O2/c1-8-27-54-48-77-83-78(49-54)94(85-66(56-30-13-10-14-31-56)53-68(89(5,6)7)82-64-37-20-26-43-80(64)96-87(82)85)76-51-58(92-73-40-23-17-34-61(73)62-35-18-24-41-74(62)92)45-47-70(76)90(83)69-46-44-57(91-71-38-21-15-32-59(71)60-33-16-22-39-72(60)91)50-75(69)93(77)84-65(55-28-11-9-12-29-55)52-67(88(2,3)4)81-63-36-19-25-42-79(63)95-86(81)84/h9-26,28-53H,8,27H2,1-7H3/i9D,10D,11D,12D,13D,14D,15D,16D,17D,18D,19D,20D,21D,22D,23D,24D,25D,26D,28D,29D,30D,31D,32D,33D,34D,35D,36D,37D,38D,39D,40D,41D,42D,43D,44D,45D,46D,47D,50D,51D,52D,53D. The molecular weight excluding hydrogens is 1170 g/mol. The average Bonchev–Trinajstić information content (AvgIpc) is 1.15. The smallest absolute Gasteiger partial charge is 0.252 e. The zero-order valence-electron chi connectivity index (χ0n) is 93.8. The molecule has 6 nitrogen and oxygen atoms in total. The van der Waals surface area contributed by atoms with Gasteiger partial charge in [-0.1, -0.05) is 236 Å². The summed E-state index contributed by atoms with van der Waals surface area (Å²) in [6, 6.07) is -39.6. The summed E-state index contributed by atoms with van der Waals surface area (Å²) < 4.78 is 431. The number of anilines is 6. The van der Waals surface area contributed by atoms with Gasteiger partial charge in [0.25, 0.3) is 6.71 Å². The number of hydrogen-bond acceptors (Lipinski definition) is 4. The molecule has 6 heterocycles. The Hall–Kier alpha value is -11.3. The third kappa shape index (κ3) is 8.19. The SMILES string of the molecule is [2H]c1c([2H])c([2H])c(-c2c([2H])c(C(C)(C)C)c3c(oc4c([2H])c([2H])c([2H])c([2H])c43)c2N2c3cc(CCC)cc4c3B(c3c([2H])c([2H])c(-n5c6c([2H])c([2H])c([2H])c([2H])c6c6c([2H])c([2H])c([2H])c([2H])c65)c([2H])c32)c2c([2H])c([2H])c(-n3c5c([2H])c([2H])c([2H])c([2H])c5c5c([2H])c([2H])c([2H])c([2H])c53)c([2H])c2N4c2c(-c3c([2H])c([2H])c([2H])c([2H])c3[2H])c([2H])c(C(C)(C)C)c3c2oc2c([2H])c([2H])c([2H])c([2H])c23)c([2H])c1[2H]. The van der Waals surface area contributed by atoms with Gasteiger partial charge >= 0.3 is 0 Å². The first-order valence-corrected chi connectivity index (χ1v) is 30.6. The first-order valence-electron chi connectivity index (χ1n) is 51.6. The predicted molar refractivity (Wildman–Crippen MR) is 406 cm³/mol. The molecule has 7 heteroatoms. The molecule has 460 valence electrons. The van der Waals surface area contributed by atoms with E-state index in [1.807, 2.05) is 0 Å². The number of aromatic nitrogens is 2. The van der Waals surface area contributed by atoms with E-state index in [4.69, 9.17) is 17.1 Å². The van der Waals surface area contributed by atoms with E-state index in [0.717, 1.165) is 18.9 Å². The second-order valence-electron chi connectivity index (χ2n) is 25.4. The number of benzene rings is 13. The summed E-state index contributed by atoms with van der Waals surface area (Å²) in [6.45, 7) is 8.69. The Balaban J connectivity index is 1.17. The van der Waals surface area contributed by atoms with Crippen molar-refractivity contribution in [3.05, 3.63) is 283 Å². The van der Waals surface area contributed by atoms with E-state index in [9.17, 15) is 49.3 Å². The number of fused-ring (bicyclic) bond motifs is 16. The monoisotopic (exact) mass is 1280 g/mol. The summed E-state index contributed by atoms with van der Waals surface area (Å²) in [5, 5.41) is -4.29. The molecule has 2 aliphatic rings. The molecular formula is C89H69BN4O2. The van der Waals surface area contributed by atoms with E-state index in [-0.39, 0.29) is 40.3 Å². The van der Waals surface area contributed by atoms with Crippen LogP contribution in [0.25, 0.3) is 121 Å². The van der Waals surface area contributed by atoms with Gasteiger partial charge in [0.05, 0.1) is 91.0 Å². The van der Waals surface area contributed by atoms with Gasteiger partial charge in [0, 0.05) is 88.3 Å². The minimum absolute atomic E-state index is 0.0185. The van der Waals surface area contributed by atoms with E-state index in [0.29, 0.717) is 0 Å². The Morgan fingerprint density at radius 2 is 0.740 bits per heavy atom. The van der Waals surface area contributed by atoms with Gasteiger partial charge in [-0.05, 0) is 146 Å². The molecule has 2 aliphatic heterocycles. The molecule has 13 aromatic carbocycles. The normalized spacial score (nSPS) is 19.3. The number of nitrogens with zero attached hydrogens (tertiary/aromatic N) is 4. The van der Waals surface area contributed by atoms with Crippen molar-refractivity contribution >= 4 is 145 Å². The van der Waals surface area contributed by atoms with Crippen molar-refractivity contribution in [3.8, 4) is 33.6 Å². The number of aryl methyl sites for hydroxylation is 1. The van der Waals surface area contributed by atoms with Gasteiger partial charge in [-0.3, -0.25) is 0 Å². The highest BCUT2D eigenvalue weighted by atomic mass is 16.3. The summed E-state index contributed by atoms with van der Waals surface area (Å²) in [7, 11) is 0. The predicted octanol–water partition coefficient (Wildman–Crippen LogP) is 22.6. The van der Waals surface area contributed by atoms with Gasteiger partial charge in [-0.2, -0.15) is 0 Å². The van der Waals surface area contributed by atoms with Gasteiger partial charge < -0.3 is 27.8 Å². The lowest BCUT2D eigenvalue weighted by atomic mass is 9.33. The highest BCUT2D eigenvalue weighted by Crippen LogP contribution is 2.56. The Morgan fingerprint density at radius 3 is 1.11 bits per heavy atom. The Kier molecular flexibility index (Phi) is 6.16. The molecule has 0 atom stereocenters. The Morgan fingerprint density at radius 1 is 0.385 bits per heavy atom. The number of hydrogen-bond donors (Lipinski definition) is 0. The molecule has 19 rings (SSSR count). The van der Waals surface area contributed by atoms with Crippen LogP contribution in [0.15, 0.2) is 275 Å². The van der Waals surface area contributed by atoms with Gasteiger partial charge in [0.1, 0.15) is 11.2 Å². The Bertz CT molecular complexity index is 8030. The molecule has 0 saturated heterocycles. The van der Waals surface area contributed by atoms with Gasteiger partial charge in [0.15, 0.2) is 11.2 Å². The number of rotatable bonds is 8. The van der Waals surface area contributed by atoms with Gasteiger partial charge in [-0.15, -0.1) is 0 Å². The summed E-state index contributed by atoms with van der Waals surface area (Å²) in [5.41, 5.74) is -21.4. The lowest BCUT2D eigenvalue weighted by Crippen LogP contribution is -2.61. The van der Waals surface area contributed by atoms with Crippen molar-refractivity contribution < 1.29 is 66.4 Å². The van der Waals surface area contributed by atoms with Crippen LogP contribution in [0.5, 0.6) is 0 Å². The molecule has 0 amide bonds. The third-order valence-corrected chi connectivity index (χ3v) is 17.7. The van der Waals surface area contributed by atoms with E-state index in [1.165, 1.54) is 12.1 Å². The zero-order chi connectivity index (χ0) is 101. The van der Waals surface area contributed by atoms with Crippen molar-refractivity contribution in [3.63, 3.8) is 0 Å². The maximum atomic E-state index is 11.7.